The van der Waals surface area contributed by atoms with Gasteiger partial charge in [-0.3, -0.25) is 4.72 Å². The van der Waals surface area contributed by atoms with Gasteiger partial charge in [0.2, 0.25) is 5.88 Å². The molecule has 0 bridgehead atoms. The fourth-order valence-corrected chi connectivity index (χ4v) is 3.99. The number of nitrogens with zero attached hydrogens (tertiary/aromatic N) is 3. The second-order valence-corrected chi connectivity index (χ2v) is 8.38. The van der Waals surface area contributed by atoms with Gasteiger partial charge in [-0.05, 0) is 36.4 Å². The zero-order valence-corrected chi connectivity index (χ0v) is 20.0. The highest BCUT2D eigenvalue weighted by molar-refractivity contribution is 7.92. The number of carbonyl (C=O) groups excluding carboxylic acids is 2. The third-order valence-corrected chi connectivity index (χ3v) is 6.00. The molecule has 0 fully saturated rings. The van der Waals surface area contributed by atoms with Gasteiger partial charge in [0, 0.05) is 18.0 Å². The summed E-state index contributed by atoms with van der Waals surface area (Å²) in [5, 5.41) is 0. The lowest BCUT2D eigenvalue weighted by Gasteiger charge is -2.23. The first kappa shape index (κ1) is 25.2. The van der Waals surface area contributed by atoms with E-state index in [0.717, 1.165) is 0 Å². The first-order valence-corrected chi connectivity index (χ1v) is 11.4. The zero-order chi connectivity index (χ0) is 25.6. The summed E-state index contributed by atoms with van der Waals surface area (Å²) in [6.07, 6.45) is 6.10. The summed E-state index contributed by atoms with van der Waals surface area (Å²) in [4.78, 5) is 34.0. The highest BCUT2D eigenvalue weighted by Crippen LogP contribution is 2.28. The SMILES string of the molecule is COC(=O)C1=C(C(=O)OC)N(c2ccc(S(=O)(=O)Nc3cc(OC)nc(OC)n3)cc2)C=CC=C1. The molecule has 0 saturated carbocycles. The molecule has 0 radical (unpaired) electrons. The van der Waals surface area contributed by atoms with E-state index < -0.39 is 22.0 Å². The number of nitrogens with one attached hydrogen (secondary N) is 1. The van der Waals surface area contributed by atoms with Crippen molar-refractivity contribution < 1.29 is 37.0 Å². The Bertz CT molecular complexity index is 1300. The van der Waals surface area contributed by atoms with Crippen molar-refractivity contribution in [1.29, 1.82) is 0 Å². The molecule has 3 rings (SSSR count). The smallest absolute Gasteiger partial charge is 0.355 e. The molecule has 0 unspecified atom stereocenters. The number of aromatic nitrogens is 2. The van der Waals surface area contributed by atoms with Gasteiger partial charge in [0.25, 0.3) is 10.0 Å². The molecule has 13 heteroatoms. The molecule has 12 nitrogen and oxygen atoms in total. The van der Waals surface area contributed by atoms with Gasteiger partial charge in [-0.25, -0.2) is 18.0 Å². The Morgan fingerprint density at radius 1 is 0.914 bits per heavy atom. The number of allylic oxidation sites excluding steroid dienone is 2. The number of sulfonamides is 1. The molecule has 0 atom stereocenters. The average Bonchev–Trinajstić information content (AvgIpc) is 3.10. The first-order valence-electron chi connectivity index (χ1n) is 9.89. The number of hydrogen-bond donors (Lipinski definition) is 1. The van der Waals surface area contributed by atoms with Crippen LogP contribution in [0.2, 0.25) is 0 Å². The van der Waals surface area contributed by atoms with Crippen LogP contribution in [0.25, 0.3) is 0 Å². The molecule has 35 heavy (non-hydrogen) atoms. The summed E-state index contributed by atoms with van der Waals surface area (Å²) in [7, 11) is 1.02. The summed E-state index contributed by atoms with van der Waals surface area (Å²) in [5.74, 6) is -1.48. The maximum absolute atomic E-state index is 12.9. The molecule has 0 saturated heterocycles. The van der Waals surface area contributed by atoms with E-state index in [-0.39, 0.29) is 33.9 Å². The Hall–Kier alpha value is -4.39. The Morgan fingerprint density at radius 2 is 1.60 bits per heavy atom. The van der Waals surface area contributed by atoms with Gasteiger partial charge in [0.15, 0.2) is 5.82 Å². The maximum atomic E-state index is 12.9. The second-order valence-electron chi connectivity index (χ2n) is 6.70. The Balaban J connectivity index is 1.96. The first-order chi connectivity index (χ1) is 16.7. The van der Waals surface area contributed by atoms with Crippen LogP contribution < -0.4 is 19.1 Å². The van der Waals surface area contributed by atoms with Gasteiger partial charge >= 0.3 is 17.9 Å². The van der Waals surface area contributed by atoms with Crippen molar-refractivity contribution in [3.05, 3.63) is 66.0 Å². The third kappa shape index (κ3) is 5.58. The topological polar surface area (TPSA) is 146 Å². The van der Waals surface area contributed by atoms with Crippen LogP contribution in [0.3, 0.4) is 0 Å². The van der Waals surface area contributed by atoms with Crippen molar-refractivity contribution in [2.24, 2.45) is 0 Å². The standard InChI is InChI=1S/C22H22N4O8S/c1-31-18-13-17(23-22(24-18)34-4)25-35(29,30)15-10-8-14(9-11-15)26-12-6-5-7-16(20(27)32-2)19(26)21(28)33-3/h5-13H,1-4H3,(H,23,24,25). The van der Waals surface area contributed by atoms with Crippen LogP contribution in [0, 0.1) is 0 Å². The molecular formula is C22H22N4O8S. The minimum absolute atomic E-state index is 0.0330. The molecule has 2 heterocycles. The molecular weight excluding hydrogens is 480 g/mol. The molecule has 0 aliphatic carbocycles. The summed E-state index contributed by atoms with van der Waals surface area (Å²) >= 11 is 0. The molecule has 1 N–H and O–H groups in total. The van der Waals surface area contributed by atoms with E-state index in [2.05, 4.69) is 14.7 Å². The molecule has 1 aliphatic rings. The quantitative estimate of drug-likeness (QED) is 0.527. The predicted molar refractivity (Wildman–Crippen MR) is 124 cm³/mol. The normalized spacial score (nSPS) is 13.2. The summed E-state index contributed by atoms with van der Waals surface area (Å²) in [6, 6.07) is 6.79. The summed E-state index contributed by atoms with van der Waals surface area (Å²) in [5.41, 5.74) is 0.253. The Kier molecular flexibility index (Phi) is 7.71. The van der Waals surface area contributed by atoms with Crippen molar-refractivity contribution in [3.63, 3.8) is 0 Å². The van der Waals surface area contributed by atoms with Gasteiger partial charge in [-0.15, -0.1) is 0 Å². The van der Waals surface area contributed by atoms with Crippen LogP contribution in [0.4, 0.5) is 11.5 Å². The Morgan fingerprint density at radius 3 is 2.20 bits per heavy atom. The number of rotatable bonds is 8. The number of hydrogen-bond acceptors (Lipinski definition) is 11. The summed E-state index contributed by atoms with van der Waals surface area (Å²) in [6.45, 7) is 0. The molecule has 1 aromatic carbocycles. The zero-order valence-electron chi connectivity index (χ0n) is 19.2. The van der Waals surface area contributed by atoms with Crippen LogP contribution in [0.5, 0.6) is 11.9 Å². The molecule has 0 amide bonds. The van der Waals surface area contributed by atoms with Crippen molar-refractivity contribution in [2.75, 3.05) is 38.1 Å². The highest BCUT2D eigenvalue weighted by atomic mass is 32.2. The molecule has 0 spiro atoms. The minimum Gasteiger partial charge on any atom is -0.481 e. The van der Waals surface area contributed by atoms with Crippen molar-refractivity contribution in [2.45, 2.75) is 4.90 Å². The van der Waals surface area contributed by atoms with Gasteiger partial charge in [-0.1, -0.05) is 6.08 Å². The van der Waals surface area contributed by atoms with Crippen LogP contribution in [-0.4, -0.2) is 58.8 Å². The summed E-state index contributed by atoms with van der Waals surface area (Å²) < 4.78 is 47.8. The molecule has 1 aromatic heterocycles. The number of esters is 2. The van der Waals surface area contributed by atoms with E-state index in [9.17, 15) is 18.0 Å². The van der Waals surface area contributed by atoms with Gasteiger partial charge in [0.05, 0.1) is 38.9 Å². The number of methoxy groups -OCH3 is 4. The van der Waals surface area contributed by atoms with Gasteiger partial charge in [-0.2, -0.15) is 9.97 Å². The maximum Gasteiger partial charge on any atom is 0.355 e. The van der Waals surface area contributed by atoms with E-state index >= 15 is 0 Å². The predicted octanol–water partition coefficient (Wildman–Crippen LogP) is 1.78. The van der Waals surface area contributed by atoms with E-state index in [1.165, 1.54) is 75.9 Å². The number of carbonyl (C=O) groups is 2. The molecule has 1 aliphatic heterocycles. The lowest BCUT2D eigenvalue weighted by atomic mass is 10.1. The monoisotopic (exact) mass is 502 g/mol. The lowest BCUT2D eigenvalue weighted by molar-refractivity contribution is -0.139. The number of ether oxygens (including phenoxy) is 4. The van der Waals surface area contributed by atoms with E-state index in [0.29, 0.717) is 5.69 Å². The number of benzene rings is 1. The van der Waals surface area contributed by atoms with Crippen molar-refractivity contribution >= 4 is 33.5 Å². The van der Waals surface area contributed by atoms with Crippen LogP contribution in [0.15, 0.2) is 70.9 Å². The van der Waals surface area contributed by atoms with E-state index in [1.807, 2.05) is 0 Å². The van der Waals surface area contributed by atoms with Crippen molar-refractivity contribution in [1.82, 2.24) is 9.97 Å². The third-order valence-electron chi connectivity index (χ3n) is 4.63. The van der Waals surface area contributed by atoms with Crippen LogP contribution >= 0.6 is 0 Å². The van der Waals surface area contributed by atoms with Crippen LogP contribution in [-0.2, 0) is 29.1 Å². The van der Waals surface area contributed by atoms with E-state index in [1.54, 1.807) is 12.2 Å². The molecule has 2 aromatic rings. The van der Waals surface area contributed by atoms with Crippen LogP contribution in [0.1, 0.15) is 0 Å². The Labute approximate surface area is 201 Å². The second kappa shape index (κ2) is 10.7. The highest BCUT2D eigenvalue weighted by Gasteiger charge is 2.28. The largest absolute Gasteiger partial charge is 0.481 e. The average molecular weight is 503 g/mol. The molecule has 184 valence electrons. The fourth-order valence-electron chi connectivity index (χ4n) is 3.00. The lowest BCUT2D eigenvalue weighted by Crippen LogP contribution is -2.27. The van der Waals surface area contributed by atoms with Gasteiger partial charge < -0.3 is 23.8 Å². The van der Waals surface area contributed by atoms with E-state index in [4.69, 9.17) is 18.9 Å². The minimum atomic E-state index is -4.06. The van der Waals surface area contributed by atoms with Crippen molar-refractivity contribution in [3.8, 4) is 11.9 Å². The number of anilines is 2. The van der Waals surface area contributed by atoms with Gasteiger partial charge in [0.1, 0.15) is 5.70 Å². The fraction of sp³-hybridized carbons (Fsp3) is 0.182.